The van der Waals surface area contributed by atoms with Crippen molar-refractivity contribution in [2.24, 2.45) is 5.41 Å². The van der Waals surface area contributed by atoms with Crippen molar-refractivity contribution in [3.05, 3.63) is 75.2 Å². The second-order valence-corrected chi connectivity index (χ2v) is 9.94. The van der Waals surface area contributed by atoms with Crippen LogP contribution >= 0.6 is 15.9 Å². The second-order valence-electron chi connectivity index (χ2n) is 9.02. The number of benzene rings is 1. The van der Waals surface area contributed by atoms with Crippen molar-refractivity contribution in [1.82, 2.24) is 10.3 Å². The van der Waals surface area contributed by atoms with Crippen LogP contribution in [0.15, 0.2) is 69.6 Å². The van der Waals surface area contributed by atoms with Crippen molar-refractivity contribution in [3.63, 3.8) is 0 Å². The Morgan fingerprint density at radius 2 is 2.03 bits per heavy atom. The molecule has 2 N–H and O–H groups in total. The van der Waals surface area contributed by atoms with Gasteiger partial charge in [0.05, 0.1) is 7.11 Å². The molecular formula is C25H26BrN3O3. The number of ketones is 1. The van der Waals surface area contributed by atoms with Gasteiger partial charge in [0, 0.05) is 45.5 Å². The van der Waals surface area contributed by atoms with Gasteiger partial charge in [-0.1, -0.05) is 26.0 Å². The van der Waals surface area contributed by atoms with Crippen LogP contribution in [0.3, 0.4) is 0 Å². The number of hydrogen-bond acceptors (Lipinski definition) is 5. The molecule has 4 rings (SSSR count). The van der Waals surface area contributed by atoms with Crippen molar-refractivity contribution in [2.75, 3.05) is 12.4 Å². The van der Waals surface area contributed by atoms with Gasteiger partial charge in [-0.15, -0.1) is 0 Å². The summed E-state index contributed by atoms with van der Waals surface area (Å²) in [7, 11) is 1.61. The molecule has 0 radical (unpaired) electrons. The van der Waals surface area contributed by atoms with Crippen molar-refractivity contribution in [2.45, 2.75) is 39.5 Å². The van der Waals surface area contributed by atoms with Crippen molar-refractivity contribution < 1.29 is 14.3 Å². The number of pyridine rings is 1. The first-order valence-electron chi connectivity index (χ1n) is 10.5. The Morgan fingerprint density at radius 1 is 1.25 bits per heavy atom. The molecule has 1 aliphatic heterocycles. The standard InChI is InChI=1S/C25H26BrN3O3/c1-14-21(24(31)29-20-9-8-16(26)13-27-20)22(15-6-5-7-17(10-15)32-4)23-18(28-14)11-25(2,3)12-19(23)30/h5-10,13,22,28H,11-12H2,1-4H3,(H,27,29,31)/t22-/m0/s1. The highest BCUT2D eigenvalue weighted by molar-refractivity contribution is 9.10. The number of Topliss-reactive ketones (excluding diaryl/α,β-unsaturated/α-hetero) is 1. The average Bonchev–Trinajstić information content (AvgIpc) is 2.73. The predicted octanol–water partition coefficient (Wildman–Crippen LogP) is 5.10. The summed E-state index contributed by atoms with van der Waals surface area (Å²) in [5, 5.41) is 6.27. The normalized spacial score (nSPS) is 19.9. The topological polar surface area (TPSA) is 80.3 Å². The van der Waals surface area contributed by atoms with Gasteiger partial charge in [0.25, 0.3) is 5.91 Å². The van der Waals surface area contributed by atoms with Gasteiger partial charge in [-0.05, 0) is 64.5 Å². The first-order valence-corrected chi connectivity index (χ1v) is 11.3. The van der Waals surface area contributed by atoms with Gasteiger partial charge in [-0.2, -0.15) is 0 Å². The van der Waals surface area contributed by atoms with E-state index in [1.807, 2.05) is 37.3 Å². The zero-order valence-corrected chi connectivity index (χ0v) is 20.2. The molecule has 1 amide bonds. The first kappa shape index (κ1) is 22.3. The second kappa shape index (κ2) is 8.54. The molecule has 0 saturated carbocycles. The zero-order valence-electron chi connectivity index (χ0n) is 18.6. The summed E-state index contributed by atoms with van der Waals surface area (Å²) in [5.74, 6) is 0.413. The van der Waals surface area contributed by atoms with E-state index in [1.165, 1.54) is 0 Å². The Balaban J connectivity index is 1.81. The lowest BCUT2D eigenvalue weighted by Crippen LogP contribution is -2.39. The minimum atomic E-state index is -0.486. The van der Waals surface area contributed by atoms with Crippen LogP contribution in [0, 0.1) is 5.41 Å². The lowest BCUT2D eigenvalue weighted by molar-refractivity contribution is -0.118. The number of ether oxygens (including phenoxy) is 1. The molecule has 32 heavy (non-hydrogen) atoms. The van der Waals surface area contributed by atoms with Crippen LogP contribution in [0.4, 0.5) is 5.82 Å². The minimum absolute atomic E-state index is 0.0659. The van der Waals surface area contributed by atoms with Crippen molar-refractivity contribution >= 4 is 33.4 Å². The van der Waals surface area contributed by atoms with Crippen LogP contribution in [-0.2, 0) is 9.59 Å². The van der Waals surface area contributed by atoms with Crippen LogP contribution in [0.2, 0.25) is 0 Å². The first-order chi connectivity index (χ1) is 15.2. The third-order valence-corrected chi connectivity index (χ3v) is 6.35. The van der Waals surface area contributed by atoms with Crippen LogP contribution in [0.5, 0.6) is 5.75 Å². The van der Waals surface area contributed by atoms with E-state index in [2.05, 4.69) is 45.4 Å². The summed E-state index contributed by atoms with van der Waals surface area (Å²) in [6.45, 7) is 6.07. The fraction of sp³-hybridized carbons (Fsp3) is 0.320. The summed E-state index contributed by atoms with van der Waals surface area (Å²) < 4.78 is 6.25. The van der Waals surface area contributed by atoms with E-state index in [1.54, 1.807) is 19.4 Å². The molecule has 0 saturated heterocycles. The monoisotopic (exact) mass is 495 g/mol. The molecule has 2 aliphatic rings. The Kier molecular flexibility index (Phi) is 5.95. The van der Waals surface area contributed by atoms with Gasteiger partial charge in [0.2, 0.25) is 0 Å². The average molecular weight is 496 g/mol. The number of dihydropyridines is 1. The van der Waals surface area contributed by atoms with E-state index in [-0.39, 0.29) is 17.1 Å². The smallest absolute Gasteiger partial charge is 0.255 e. The van der Waals surface area contributed by atoms with Crippen LogP contribution < -0.4 is 15.4 Å². The van der Waals surface area contributed by atoms with Crippen molar-refractivity contribution in [1.29, 1.82) is 0 Å². The molecule has 1 aromatic carbocycles. The SMILES string of the molecule is COc1cccc([C@H]2C(C(=O)Nc3ccc(Br)cn3)=C(C)NC3=C2C(=O)CC(C)(C)C3)c1. The molecule has 1 atom stereocenters. The number of aromatic nitrogens is 1. The molecule has 0 fully saturated rings. The maximum atomic E-state index is 13.5. The summed E-state index contributed by atoms with van der Waals surface area (Å²) in [5.41, 5.74) is 3.52. The third-order valence-electron chi connectivity index (χ3n) is 5.88. The van der Waals surface area contributed by atoms with E-state index in [0.29, 0.717) is 29.1 Å². The summed E-state index contributed by atoms with van der Waals surface area (Å²) in [4.78, 5) is 31.1. The molecule has 7 heteroatoms. The highest BCUT2D eigenvalue weighted by Crippen LogP contribution is 2.47. The van der Waals surface area contributed by atoms with Crippen molar-refractivity contribution in [3.8, 4) is 5.75 Å². The quantitative estimate of drug-likeness (QED) is 0.616. The lowest BCUT2D eigenvalue weighted by Gasteiger charge is -2.39. The van der Waals surface area contributed by atoms with Gasteiger partial charge in [-0.3, -0.25) is 9.59 Å². The lowest BCUT2D eigenvalue weighted by atomic mass is 9.68. The zero-order chi connectivity index (χ0) is 23.0. The molecule has 2 heterocycles. The molecule has 166 valence electrons. The Bertz CT molecular complexity index is 1150. The molecule has 0 unspecified atom stereocenters. The number of hydrogen-bond donors (Lipinski definition) is 2. The van der Waals surface area contributed by atoms with Gasteiger partial charge >= 0.3 is 0 Å². The molecule has 0 spiro atoms. The summed E-state index contributed by atoms with van der Waals surface area (Å²) >= 11 is 3.36. The number of carbonyl (C=O) groups excluding carboxylic acids is 2. The number of nitrogens with zero attached hydrogens (tertiary/aromatic N) is 1. The van der Waals surface area contributed by atoms with Gasteiger partial charge < -0.3 is 15.4 Å². The number of amides is 1. The number of rotatable bonds is 4. The molecular weight excluding hydrogens is 470 g/mol. The Hall–Kier alpha value is -2.93. The maximum absolute atomic E-state index is 13.5. The number of allylic oxidation sites excluding steroid dienone is 3. The fourth-order valence-corrected chi connectivity index (χ4v) is 4.76. The van der Waals surface area contributed by atoms with Crippen LogP contribution in [0.25, 0.3) is 0 Å². The molecule has 0 bridgehead atoms. The highest BCUT2D eigenvalue weighted by atomic mass is 79.9. The number of methoxy groups -OCH3 is 1. The number of anilines is 1. The largest absolute Gasteiger partial charge is 0.497 e. The van der Waals surface area contributed by atoms with E-state index >= 15 is 0 Å². The Labute approximate surface area is 196 Å². The minimum Gasteiger partial charge on any atom is -0.497 e. The molecule has 1 aliphatic carbocycles. The Morgan fingerprint density at radius 3 is 2.72 bits per heavy atom. The van der Waals surface area contributed by atoms with Gasteiger partial charge in [-0.25, -0.2) is 4.98 Å². The molecule has 1 aromatic heterocycles. The predicted molar refractivity (Wildman–Crippen MR) is 127 cm³/mol. The fourth-order valence-electron chi connectivity index (χ4n) is 4.52. The number of nitrogens with one attached hydrogen (secondary N) is 2. The molecule has 6 nitrogen and oxygen atoms in total. The third kappa shape index (κ3) is 4.35. The van der Waals surface area contributed by atoms with Crippen LogP contribution in [0.1, 0.15) is 45.1 Å². The number of carbonyl (C=O) groups is 2. The van der Waals surface area contributed by atoms with Gasteiger partial charge in [0.1, 0.15) is 11.6 Å². The summed E-state index contributed by atoms with van der Waals surface area (Å²) in [6.07, 6.45) is 2.81. The maximum Gasteiger partial charge on any atom is 0.255 e. The number of halogens is 1. The van der Waals surface area contributed by atoms with E-state index in [9.17, 15) is 9.59 Å². The highest BCUT2D eigenvalue weighted by Gasteiger charge is 2.42. The van der Waals surface area contributed by atoms with Crippen LogP contribution in [-0.4, -0.2) is 23.8 Å². The van der Waals surface area contributed by atoms with E-state index < -0.39 is 5.92 Å². The molecule has 2 aromatic rings. The summed E-state index contributed by atoms with van der Waals surface area (Å²) in [6, 6.07) is 11.1. The van der Waals surface area contributed by atoms with E-state index in [0.717, 1.165) is 27.9 Å². The van der Waals surface area contributed by atoms with E-state index in [4.69, 9.17) is 4.74 Å². The van der Waals surface area contributed by atoms with Gasteiger partial charge in [0.15, 0.2) is 5.78 Å².